The fourth-order valence-electron chi connectivity index (χ4n) is 4.13. The van der Waals surface area contributed by atoms with Gasteiger partial charge in [0.2, 0.25) is 5.91 Å². The largest absolute Gasteiger partial charge is 0.342 e. The summed E-state index contributed by atoms with van der Waals surface area (Å²) in [5.74, 6) is 2.06. The van der Waals surface area contributed by atoms with Gasteiger partial charge < -0.3 is 10.6 Å². The summed E-state index contributed by atoms with van der Waals surface area (Å²) in [6.07, 6.45) is 8.44. The Kier molecular flexibility index (Phi) is 3.12. The molecule has 1 saturated heterocycles. The molecule has 3 rings (SSSR count). The lowest BCUT2D eigenvalue weighted by molar-refractivity contribution is -0.134. The van der Waals surface area contributed by atoms with Gasteiger partial charge in [0.1, 0.15) is 0 Å². The molecule has 0 aromatic rings. The lowest BCUT2D eigenvalue weighted by Crippen LogP contribution is -2.39. The summed E-state index contributed by atoms with van der Waals surface area (Å²) in [6.45, 7) is 1.94. The standard InChI is InChI=1S/C14H24N2O/c15-13-7-3-6-11-8-16(9-12(11)13)14(17)10-4-1-2-5-10/h10-13H,1-9,15H2. The molecule has 3 heteroatoms. The van der Waals surface area contributed by atoms with Crippen LogP contribution in [0.25, 0.3) is 0 Å². The minimum Gasteiger partial charge on any atom is -0.342 e. The van der Waals surface area contributed by atoms with Gasteiger partial charge in [0, 0.05) is 25.0 Å². The van der Waals surface area contributed by atoms with Gasteiger partial charge in [-0.05, 0) is 37.5 Å². The highest BCUT2D eigenvalue weighted by atomic mass is 16.2. The first-order valence-corrected chi connectivity index (χ1v) is 7.30. The van der Waals surface area contributed by atoms with Crippen molar-refractivity contribution in [1.82, 2.24) is 4.90 Å². The highest BCUT2D eigenvalue weighted by Gasteiger charge is 2.41. The van der Waals surface area contributed by atoms with E-state index in [1.54, 1.807) is 0 Å². The van der Waals surface area contributed by atoms with Crippen LogP contribution in [0.5, 0.6) is 0 Å². The van der Waals surface area contributed by atoms with E-state index in [1.165, 1.54) is 25.7 Å². The molecule has 96 valence electrons. The normalized spacial score (nSPS) is 38.4. The van der Waals surface area contributed by atoms with E-state index in [-0.39, 0.29) is 0 Å². The molecule has 0 radical (unpaired) electrons. The second-order valence-electron chi connectivity index (χ2n) is 6.24. The van der Waals surface area contributed by atoms with E-state index >= 15 is 0 Å². The molecule has 3 nitrogen and oxygen atoms in total. The Balaban J connectivity index is 1.64. The number of nitrogens with two attached hydrogens (primary N) is 1. The number of amides is 1. The molecule has 2 N–H and O–H groups in total. The smallest absolute Gasteiger partial charge is 0.225 e. The van der Waals surface area contributed by atoms with E-state index in [0.717, 1.165) is 32.4 Å². The molecule has 0 bridgehead atoms. The second-order valence-corrected chi connectivity index (χ2v) is 6.24. The van der Waals surface area contributed by atoms with Gasteiger partial charge in [-0.15, -0.1) is 0 Å². The van der Waals surface area contributed by atoms with Crippen molar-refractivity contribution in [1.29, 1.82) is 0 Å². The molecule has 3 fully saturated rings. The summed E-state index contributed by atoms with van der Waals surface area (Å²) < 4.78 is 0. The minimum absolute atomic E-state index is 0.339. The molecule has 0 aromatic carbocycles. The van der Waals surface area contributed by atoms with E-state index < -0.39 is 0 Å². The molecule has 1 aliphatic heterocycles. The van der Waals surface area contributed by atoms with Crippen molar-refractivity contribution >= 4 is 5.91 Å². The number of fused-ring (bicyclic) bond motifs is 1. The summed E-state index contributed by atoms with van der Waals surface area (Å²) in [5, 5.41) is 0. The van der Waals surface area contributed by atoms with Crippen LogP contribution in [0.15, 0.2) is 0 Å². The van der Waals surface area contributed by atoms with Gasteiger partial charge in [-0.2, -0.15) is 0 Å². The predicted octanol–water partition coefficient (Wildman–Crippen LogP) is 1.76. The highest BCUT2D eigenvalue weighted by molar-refractivity contribution is 5.79. The predicted molar refractivity (Wildman–Crippen MR) is 67.3 cm³/mol. The molecule has 3 unspecified atom stereocenters. The van der Waals surface area contributed by atoms with Crippen LogP contribution in [0, 0.1) is 17.8 Å². The van der Waals surface area contributed by atoms with Crippen molar-refractivity contribution in [3.05, 3.63) is 0 Å². The zero-order valence-corrected chi connectivity index (χ0v) is 10.6. The van der Waals surface area contributed by atoms with Crippen LogP contribution in [-0.4, -0.2) is 29.9 Å². The van der Waals surface area contributed by atoms with Crippen LogP contribution in [0.2, 0.25) is 0 Å². The zero-order valence-electron chi connectivity index (χ0n) is 10.6. The number of nitrogens with zero attached hydrogens (tertiary/aromatic N) is 1. The summed E-state index contributed by atoms with van der Waals surface area (Å²) in [7, 11) is 0. The van der Waals surface area contributed by atoms with Crippen molar-refractivity contribution in [2.45, 2.75) is 51.0 Å². The third kappa shape index (κ3) is 2.10. The zero-order chi connectivity index (χ0) is 11.8. The molecule has 1 amide bonds. The van der Waals surface area contributed by atoms with E-state index in [0.29, 0.717) is 29.7 Å². The molecule has 2 saturated carbocycles. The molecule has 3 aliphatic rings. The molecule has 2 aliphatic carbocycles. The number of rotatable bonds is 1. The van der Waals surface area contributed by atoms with Crippen molar-refractivity contribution in [2.24, 2.45) is 23.5 Å². The number of hydrogen-bond acceptors (Lipinski definition) is 2. The van der Waals surface area contributed by atoms with E-state index in [2.05, 4.69) is 4.90 Å². The summed E-state index contributed by atoms with van der Waals surface area (Å²) in [4.78, 5) is 14.5. The van der Waals surface area contributed by atoms with Crippen LogP contribution in [0.4, 0.5) is 0 Å². The summed E-state index contributed by atoms with van der Waals surface area (Å²) >= 11 is 0. The Bertz CT molecular complexity index is 299. The summed E-state index contributed by atoms with van der Waals surface area (Å²) in [6, 6.07) is 0.343. The molecule has 3 atom stereocenters. The number of carbonyl (C=O) groups is 1. The molecule has 17 heavy (non-hydrogen) atoms. The molecule has 1 heterocycles. The van der Waals surface area contributed by atoms with E-state index in [9.17, 15) is 4.79 Å². The maximum Gasteiger partial charge on any atom is 0.225 e. The van der Waals surface area contributed by atoms with Gasteiger partial charge in [-0.25, -0.2) is 0 Å². The lowest BCUT2D eigenvalue weighted by Gasteiger charge is -2.29. The number of likely N-dealkylation sites (tertiary alicyclic amines) is 1. The highest BCUT2D eigenvalue weighted by Crippen LogP contribution is 2.37. The third-order valence-electron chi connectivity index (χ3n) is 5.17. The minimum atomic E-state index is 0.339. The van der Waals surface area contributed by atoms with Crippen molar-refractivity contribution in [3.63, 3.8) is 0 Å². The Labute approximate surface area is 104 Å². The Morgan fingerprint density at radius 2 is 1.76 bits per heavy atom. The first kappa shape index (κ1) is 11.5. The van der Waals surface area contributed by atoms with Gasteiger partial charge in [0.25, 0.3) is 0 Å². The van der Waals surface area contributed by atoms with Gasteiger partial charge in [0.05, 0.1) is 0 Å². The first-order valence-electron chi connectivity index (χ1n) is 7.30. The van der Waals surface area contributed by atoms with Crippen molar-refractivity contribution in [3.8, 4) is 0 Å². The number of hydrogen-bond donors (Lipinski definition) is 1. The van der Waals surface area contributed by atoms with Crippen molar-refractivity contribution in [2.75, 3.05) is 13.1 Å². The van der Waals surface area contributed by atoms with Gasteiger partial charge in [-0.1, -0.05) is 19.3 Å². The quantitative estimate of drug-likeness (QED) is 0.754. The SMILES string of the molecule is NC1CCCC2CN(C(=O)C3CCCC3)CC12. The maximum absolute atomic E-state index is 12.4. The van der Waals surface area contributed by atoms with Gasteiger partial charge in [0.15, 0.2) is 0 Å². The fourth-order valence-corrected chi connectivity index (χ4v) is 4.13. The van der Waals surface area contributed by atoms with Crippen molar-refractivity contribution < 1.29 is 4.79 Å². The summed E-state index contributed by atoms with van der Waals surface area (Å²) in [5.41, 5.74) is 6.20. The first-order chi connectivity index (χ1) is 8.25. The average Bonchev–Trinajstić information content (AvgIpc) is 2.98. The van der Waals surface area contributed by atoms with Crippen LogP contribution >= 0.6 is 0 Å². The van der Waals surface area contributed by atoms with E-state index in [1.807, 2.05) is 0 Å². The average molecular weight is 236 g/mol. The molecule has 0 aromatic heterocycles. The Morgan fingerprint density at radius 1 is 1.00 bits per heavy atom. The third-order valence-corrected chi connectivity index (χ3v) is 5.17. The van der Waals surface area contributed by atoms with Gasteiger partial charge >= 0.3 is 0 Å². The van der Waals surface area contributed by atoms with Crippen LogP contribution in [-0.2, 0) is 4.79 Å². The Hall–Kier alpha value is -0.570. The lowest BCUT2D eigenvalue weighted by atomic mass is 9.78. The maximum atomic E-state index is 12.4. The topological polar surface area (TPSA) is 46.3 Å². The van der Waals surface area contributed by atoms with Crippen LogP contribution in [0.3, 0.4) is 0 Å². The number of carbonyl (C=O) groups excluding carboxylic acids is 1. The monoisotopic (exact) mass is 236 g/mol. The second kappa shape index (κ2) is 4.60. The Morgan fingerprint density at radius 3 is 2.47 bits per heavy atom. The molecule has 0 spiro atoms. The van der Waals surface area contributed by atoms with Crippen LogP contribution < -0.4 is 5.73 Å². The molecular formula is C14H24N2O. The molecular weight excluding hydrogens is 212 g/mol. The van der Waals surface area contributed by atoms with Crippen LogP contribution in [0.1, 0.15) is 44.9 Å². The fraction of sp³-hybridized carbons (Fsp3) is 0.929. The van der Waals surface area contributed by atoms with E-state index in [4.69, 9.17) is 5.73 Å². The van der Waals surface area contributed by atoms with Gasteiger partial charge in [-0.3, -0.25) is 4.79 Å².